The Labute approximate surface area is 122 Å². The number of rotatable bonds is 3. The predicted molar refractivity (Wildman–Crippen MR) is 78.5 cm³/mol. The zero-order chi connectivity index (χ0) is 15.6. The number of nitro benzene ring substituents is 1. The molecule has 0 saturated heterocycles. The summed E-state index contributed by atoms with van der Waals surface area (Å²) in [7, 11) is 0. The van der Waals surface area contributed by atoms with Gasteiger partial charge < -0.3 is 4.74 Å². The van der Waals surface area contributed by atoms with Crippen LogP contribution in [0.15, 0.2) is 30.3 Å². The molecule has 2 aromatic rings. The van der Waals surface area contributed by atoms with Crippen LogP contribution in [0.3, 0.4) is 0 Å². The highest BCUT2D eigenvalue weighted by Gasteiger charge is 2.13. The maximum atomic E-state index is 10.7. The number of hydrogen-bond acceptors (Lipinski definition) is 4. The fourth-order valence-corrected chi connectivity index (χ4v) is 2.03. The summed E-state index contributed by atoms with van der Waals surface area (Å²) in [6.45, 7) is 5.87. The van der Waals surface area contributed by atoms with Crippen molar-refractivity contribution >= 4 is 5.69 Å². The van der Waals surface area contributed by atoms with Gasteiger partial charge in [0.05, 0.1) is 4.92 Å². The Morgan fingerprint density at radius 2 is 1.86 bits per heavy atom. The molecular formula is C16H14N2O3. The SMILES string of the molecule is Cc1cc(C)c(C)c(Oc2ccc([N+](=O)[O-])cc2C#N)c1. The van der Waals surface area contributed by atoms with E-state index in [4.69, 9.17) is 10.00 Å². The molecule has 5 nitrogen and oxygen atoms in total. The fraction of sp³-hybridized carbons (Fsp3) is 0.188. The van der Waals surface area contributed by atoms with Crippen LogP contribution in [0.25, 0.3) is 0 Å². The van der Waals surface area contributed by atoms with Crippen LogP contribution >= 0.6 is 0 Å². The van der Waals surface area contributed by atoms with E-state index in [1.165, 1.54) is 18.2 Å². The van der Waals surface area contributed by atoms with E-state index < -0.39 is 4.92 Å². The maximum absolute atomic E-state index is 10.7. The van der Waals surface area contributed by atoms with E-state index in [1.807, 2.05) is 39.0 Å². The van der Waals surface area contributed by atoms with Gasteiger partial charge in [0.1, 0.15) is 23.1 Å². The van der Waals surface area contributed by atoms with Crippen LogP contribution in [0.2, 0.25) is 0 Å². The van der Waals surface area contributed by atoms with Crippen LogP contribution in [-0.2, 0) is 0 Å². The minimum atomic E-state index is -0.535. The highest BCUT2D eigenvalue weighted by atomic mass is 16.6. The van der Waals surface area contributed by atoms with Gasteiger partial charge in [-0.3, -0.25) is 10.1 Å². The molecule has 0 spiro atoms. The van der Waals surface area contributed by atoms with Gasteiger partial charge in [-0.2, -0.15) is 5.26 Å². The minimum Gasteiger partial charge on any atom is -0.456 e. The van der Waals surface area contributed by atoms with E-state index in [2.05, 4.69) is 0 Å². The lowest BCUT2D eigenvalue weighted by Crippen LogP contribution is -1.95. The largest absolute Gasteiger partial charge is 0.456 e. The maximum Gasteiger partial charge on any atom is 0.271 e. The van der Waals surface area contributed by atoms with Gasteiger partial charge in [0.25, 0.3) is 5.69 Å². The van der Waals surface area contributed by atoms with E-state index in [1.54, 1.807) is 0 Å². The second kappa shape index (κ2) is 5.63. The van der Waals surface area contributed by atoms with Gasteiger partial charge in [0, 0.05) is 12.1 Å². The monoisotopic (exact) mass is 282 g/mol. The molecule has 0 aliphatic heterocycles. The summed E-state index contributed by atoms with van der Waals surface area (Å²) in [5, 5.41) is 19.9. The van der Waals surface area contributed by atoms with Crippen LogP contribution in [0.1, 0.15) is 22.3 Å². The molecule has 5 heteroatoms. The van der Waals surface area contributed by atoms with Crippen molar-refractivity contribution in [3.05, 3.63) is 62.7 Å². The highest BCUT2D eigenvalue weighted by molar-refractivity contribution is 5.53. The van der Waals surface area contributed by atoms with Crippen LogP contribution in [-0.4, -0.2) is 4.92 Å². The normalized spacial score (nSPS) is 10.0. The summed E-state index contributed by atoms with van der Waals surface area (Å²) in [5.41, 5.74) is 3.13. The van der Waals surface area contributed by atoms with E-state index in [-0.39, 0.29) is 11.3 Å². The Morgan fingerprint density at radius 1 is 1.14 bits per heavy atom. The molecule has 0 heterocycles. The zero-order valence-electron chi connectivity index (χ0n) is 12.0. The molecule has 2 aromatic carbocycles. The average molecular weight is 282 g/mol. The summed E-state index contributed by atoms with van der Waals surface area (Å²) in [6.07, 6.45) is 0. The van der Waals surface area contributed by atoms with Gasteiger partial charge in [0.2, 0.25) is 0 Å². The summed E-state index contributed by atoms with van der Waals surface area (Å²) < 4.78 is 5.78. The number of non-ortho nitro benzene ring substituents is 1. The van der Waals surface area contributed by atoms with Gasteiger partial charge in [0.15, 0.2) is 0 Å². The molecule has 0 amide bonds. The number of aryl methyl sites for hydroxylation is 2. The molecule has 0 aliphatic carbocycles. The first-order chi connectivity index (χ1) is 9.92. The van der Waals surface area contributed by atoms with Gasteiger partial charge >= 0.3 is 0 Å². The molecule has 0 radical (unpaired) electrons. The fourth-order valence-electron chi connectivity index (χ4n) is 2.03. The van der Waals surface area contributed by atoms with Crippen molar-refractivity contribution in [1.29, 1.82) is 5.26 Å². The smallest absolute Gasteiger partial charge is 0.271 e. The zero-order valence-corrected chi connectivity index (χ0v) is 12.0. The van der Waals surface area contributed by atoms with Crippen molar-refractivity contribution in [1.82, 2.24) is 0 Å². The summed E-state index contributed by atoms with van der Waals surface area (Å²) in [6, 6.07) is 9.85. The Hall–Kier alpha value is -2.87. The number of benzene rings is 2. The van der Waals surface area contributed by atoms with E-state index in [0.717, 1.165) is 16.7 Å². The van der Waals surface area contributed by atoms with E-state index >= 15 is 0 Å². The van der Waals surface area contributed by atoms with Gasteiger partial charge in [-0.25, -0.2) is 0 Å². The molecule has 0 fully saturated rings. The van der Waals surface area contributed by atoms with Crippen LogP contribution in [0.5, 0.6) is 11.5 Å². The third kappa shape index (κ3) is 3.00. The third-order valence-electron chi connectivity index (χ3n) is 3.28. The second-order valence-electron chi connectivity index (χ2n) is 4.86. The van der Waals surface area contributed by atoms with E-state index in [9.17, 15) is 10.1 Å². The molecule has 0 atom stereocenters. The Balaban J connectivity index is 2.45. The molecule has 0 aromatic heterocycles. The molecule has 106 valence electrons. The topological polar surface area (TPSA) is 76.2 Å². The minimum absolute atomic E-state index is 0.129. The van der Waals surface area contributed by atoms with Crippen LogP contribution in [0, 0.1) is 42.2 Å². The lowest BCUT2D eigenvalue weighted by molar-refractivity contribution is -0.384. The summed E-state index contributed by atoms with van der Waals surface area (Å²) in [4.78, 5) is 10.2. The van der Waals surface area contributed by atoms with Crippen molar-refractivity contribution in [3.63, 3.8) is 0 Å². The molecule has 0 aliphatic rings. The summed E-state index contributed by atoms with van der Waals surface area (Å²) in [5.74, 6) is 0.967. The Bertz CT molecular complexity index is 761. The van der Waals surface area contributed by atoms with Gasteiger partial charge in [-0.1, -0.05) is 6.07 Å². The van der Waals surface area contributed by atoms with Crippen LogP contribution < -0.4 is 4.74 Å². The van der Waals surface area contributed by atoms with Crippen molar-refractivity contribution in [2.24, 2.45) is 0 Å². The lowest BCUT2D eigenvalue weighted by Gasteiger charge is -2.12. The standard InChI is InChI=1S/C16H14N2O3/c1-10-6-11(2)12(3)16(7-10)21-15-5-4-14(18(19)20)8-13(15)9-17/h4-8H,1-3H3. The molecule has 0 saturated carbocycles. The van der Waals surface area contributed by atoms with Crippen molar-refractivity contribution in [2.45, 2.75) is 20.8 Å². The lowest BCUT2D eigenvalue weighted by atomic mass is 10.1. The average Bonchev–Trinajstić information content (AvgIpc) is 2.44. The Kier molecular flexibility index (Phi) is 3.90. The first kappa shape index (κ1) is 14.5. The van der Waals surface area contributed by atoms with E-state index in [0.29, 0.717) is 11.5 Å². The highest BCUT2D eigenvalue weighted by Crippen LogP contribution is 2.32. The molecule has 0 bridgehead atoms. The van der Waals surface area contributed by atoms with Crippen molar-refractivity contribution in [2.75, 3.05) is 0 Å². The predicted octanol–water partition coefficient (Wildman–Crippen LogP) is 4.18. The number of hydrogen-bond donors (Lipinski definition) is 0. The number of ether oxygens (including phenoxy) is 1. The number of nitriles is 1. The molecule has 2 rings (SSSR count). The quantitative estimate of drug-likeness (QED) is 0.625. The number of nitro groups is 1. The van der Waals surface area contributed by atoms with Gasteiger partial charge in [-0.15, -0.1) is 0 Å². The first-order valence-corrected chi connectivity index (χ1v) is 6.36. The molecule has 0 N–H and O–H groups in total. The van der Waals surface area contributed by atoms with Gasteiger partial charge in [-0.05, 0) is 49.6 Å². The molecular weight excluding hydrogens is 268 g/mol. The van der Waals surface area contributed by atoms with Crippen molar-refractivity contribution in [3.8, 4) is 17.6 Å². The van der Waals surface area contributed by atoms with Crippen molar-refractivity contribution < 1.29 is 9.66 Å². The molecule has 0 unspecified atom stereocenters. The molecule has 21 heavy (non-hydrogen) atoms. The number of nitrogens with zero attached hydrogens (tertiary/aromatic N) is 2. The Morgan fingerprint density at radius 3 is 2.48 bits per heavy atom. The van der Waals surface area contributed by atoms with Crippen LogP contribution in [0.4, 0.5) is 5.69 Å². The third-order valence-corrected chi connectivity index (χ3v) is 3.28. The second-order valence-corrected chi connectivity index (χ2v) is 4.86. The summed E-state index contributed by atoms with van der Waals surface area (Å²) >= 11 is 0. The first-order valence-electron chi connectivity index (χ1n) is 6.36.